The zero-order valence-electron chi connectivity index (χ0n) is 12.7. The first-order chi connectivity index (χ1) is 8.82. The van der Waals surface area contributed by atoms with E-state index in [9.17, 15) is 0 Å². The van der Waals surface area contributed by atoms with Crippen molar-refractivity contribution in [3.05, 3.63) is 29.6 Å². The largest absolute Gasteiger partial charge is 0.331 e. The normalized spacial score (nSPS) is 14.0. The molecular formula is C16H25N3. The molecule has 2 aromatic rings. The minimum Gasteiger partial charge on any atom is -0.331 e. The molecule has 0 bridgehead atoms. The van der Waals surface area contributed by atoms with Crippen LogP contribution in [0.25, 0.3) is 11.0 Å². The Labute approximate surface area is 115 Å². The van der Waals surface area contributed by atoms with Gasteiger partial charge in [0.15, 0.2) is 0 Å². The van der Waals surface area contributed by atoms with Crippen molar-refractivity contribution in [2.75, 3.05) is 0 Å². The number of benzene rings is 1. The van der Waals surface area contributed by atoms with Gasteiger partial charge in [0.05, 0.1) is 11.0 Å². The van der Waals surface area contributed by atoms with Gasteiger partial charge < -0.3 is 10.3 Å². The second-order valence-corrected chi connectivity index (χ2v) is 6.59. The van der Waals surface area contributed by atoms with Crippen LogP contribution in [0.4, 0.5) is 0 Å². The fourth-order valence-electron chi connectivity index (χ4n) is 2.18. The summed E-state index contributed by atoms with van der Waals surface area (Å²) in [6.45, 7) is 9.72. The molecule has 0 amide bonds. The molecule has 0 aliphatic carbocycles. The standard InChI is InChI=1S/C16H25N3/c1-11(16(2,3)4)8-15-18-13-9-12(10-17)6-7-14(13)19(15)5/h6-7,9,11H,8,10,17H2,1-5H3. The van der Waals surface area contributed by atoms with E-state index in [4.69, 9.17) is 10.7 Å². The molecule has 1 heterocycles. The summed E-state index contributed by atoms with van der Waals surface area (Å²) in [6.07, 6.45) is 1.01. The van der Waals surface area contributed by atoms with E-state index < -0.39 is 0 Å². The van der Waals surface area contributed by atoms with Gasteiger partial charge in [0.2, 0.25) is 0 Å². The molecule has 0 aliphatic rings. The second-order valence-electron chi connectivity index (χ2n) is 6.59. The maximum Gasteiger partial charge on any atom is 0.109 e. The van der Waals surface area contributed by atoms with Gasteiger partial charge in [-0.3, -0.25) is 0 Å². The number of hydrogen-bond donors (Lipinski definition) is 1. The zero-order valence-corrected chi connectivity index (χ0v) is 12.7. The highest BCUT2D eigenvalue weighted by Gasteiger charge is 2.22. The highest BCUT2D eigenvalue weighted by molar-refractivity contribution is 5.76. The minimum absolute atomic E-state index is 0.306. The number of rotatable bonds is 3. The van der Waals surface area contributed by atoms with Crippen LogP contribution < -0.4 is 5.73 Å². The van der Waals surface area contributed by atoms with Crippen molar-refractivity contribution >= 4 is 11.0 Å². The summed E-state index contributed by atoms with van der Waals surface area (Å²) in [7, 11) is 2.10. The summed E-state index contributed by atoms with van der Waals surface area (Å²) < 4.78 is 2.21. The summed E-state index contributed by atoms with van der Waals surface area (Å²) in [6, 6.07) is 6.30. The Morgan fingerprint density at radius 3 is 2.58 bits per heavy atom. The maximum absolute atomic E-state index is 5.69. The van der Waals surface area contributed by atoms with Gasteiger partial charge in [-0.1, -0.05) is 33.8 Å². The second kappa shape index (κ2) is 4.97. The smallest absolute Gasteiger partial charge is 0.109 e. The van der Waals surface area contributed by atoms with Gasteiger partial charge in [-0.15, -0.1) is 0 Å². The van der Waals surface area contributed by atoms with Crippen LogP contribution in [0, 0.1) is 11.3 Å². The van der Waals surface area contributed by atoms with Gasteiger partial charge in [-0.25, -0.2) is 4.98 Å². The summed E-state index contributed by atoms with van der Waals surface area (Å²) in [5, 5.41) is 0. The molecule has 1 aromatic carbocycles. The summed E-state index contributed by atoms with van der Waals surface area (Å²) in [4.78, 5) is 4.78. The van der Waals surface area contributed by atoms with Crippen LogP contribution in [0.3, 0.4) is 0 Å². The first-order valence-corrected chi connectivity index (χ1v) is 6.97. The fraction of sp³-hybridized carbons (Fsp3) is 0.562. The Hall–Kier alpha value is -1.35. The number of fused-ring (bicyclic) bond motifs is 1. The van der Waals surface area contributed by atoms with Crippen LogP contribution in [0.15, 0.2) is 18.2 Å². The average Bonchev–Trinajstić information content (AvgIpc) is 2.64. The molecular weight excluding hydrogens is 234 g/mol. The van der Waals surface area contributed by atoms with Crippen molar-refractivity contribution in [3.63, 3.8) is 0 Å². The first-order valence-electron chi connectivity index (χ1n) is 6.97. The summed E-state index contributed by atoms with van der Waals surface area (Å²) in [5.74, 6) is 1.75. The van der Waals surface area contributed by atoms with E-state index in [1.54, 1.807) is 0 Å². The van der Waals surface area contributed by atoms with Gasteiger partial charge >= 0.3 is 0 Å². The molecule has 104 valence electrons. The molecule has 3 nitrogen and oxygen atoms in total. The molecule has 2 N–H and O–H groups in total. The van der Waals surface area contributed by atoms with Gasteiger partial charge in [0.25, 0.3) is 0 Å². The number of hydrogen-bond acceptors (Lipinski definition) is 2. The van der Waals surface area contributed by atoms with Gasteiger partial charge in [0.1, 0.15) is 5.82 Å². The molecule has 19 heavy (non-hydrogen) atoms. The van der Waals surface area contributed by atoms with Gasteiger partial charge in [0, 0.05) is 20.0 Å². The van der Waals surface area contributed by atoms with Crippen molar-refractivity contribution < 1.29 is 0 Å². The molecule has 1 aromatic heterocycles. The molecule has 0 fully saturated rings. The van der Waals surface area contributed by atoms with E-state index in [2.05, 4.69) is 57.5 Å². The van der Waals surface area contributed by atoms with E-state index in [-0.39, 0.29) is 0 Å². The van der Waals surface area contributed by atoms with Crippen LogP contribution >= 0.6 is 0 Å². The third kappa shape index (κ3) is 2.81. The number of aryl methyl sites for hydroxylation is 1. The van der Waals surface area contributed by atoms with Gasteiger partial charge in [-0.2, -0.15) is 0 Å². The number of aromatic nitrogens is 2. The minimum atomic E-state index is 0.306. The van der Waals surface area contributed by atoms with E-state index in [0.717, 1.165) is 23.3 Å². The van der Waals surface area contributed by atoms with E-state index in [1.165, 1.54) is 5.52 Å². The molecule has 0 radical (unpaired) electrons. The molecule has 0 spiro atoms. The van der Waals surface area contributed by atoms with Crippen molar-refractivity contribution in [1.29, 1.82) is 0 Å². The third-order valence-corrected chi connectivity index (χ3v) is 4.24. The van der Waals surface area contributed by atoms with Crippen LogP contribution in [-0.4, -0.2) is 9.55 Å². The molecule has 3 heteroatoms. The van der Waals surface area contributed by atoms with Gasteiger partial charge in [-0.05, 0) is 29.0 Å². The van der Waals surface area contributed by atoms with E-state index in [0.29, 0.717) is 17.9 Å². The third-order valence-electron chi connectivity index (χ3n) is 4.24. The average molecular weight is 259 g/mol. The van der Waals surface area contributed by atoms with Crippen molar-refractivity contribution in [2.24, 2.45) is 24.1 Å². The molecule has 1 unspecified atom stereocenters. The number of nitrogens with zero attached hydrogens (tertiary/aromatic N) is 2. The quantitative estimate of drug-likeness (QED) is 0.919. The summed E-state index contributed by atoms with van der Waals surface area (Å²) in [5.41, 5.74) is 9.38. The SMILES string of the molecule is CC(Cc1nc2cc(CN)ccc2n1C)C(C)(C)C. The Morgan fingerprint density at radius 1 is 1.32 bits per heavy atom. The lowest BCUT2D eigenvalue weighted by atomic mass is 9.80. The van der Waals surface area contributed by atoms with Crippen molar-refractivity contribution in [2.45, 2.75) is 40.7 Å². The van der Waals surface area contributed by atoms with Crippen LogP contribution in [0.5, 0.6) is 0 Å². The Balaban J connectivity index is 2.37. The molecule has 0 aliphatic heterocycles. The monoisotopic (exact) mass is 259 g/mol. The fourth-order valence-corrected chi connectivity index (χ4v) is 2.18. The van der Waals surface area contributed by atoms with E-state index >= 15 is 0 Å². The Kier molecular flexibility index (Phi) is 3.68. The molecule has 0 saturated heterocycles. The van der Waals surface area contributed by atoms with Crippen LogP contribution in [-0.2, 0) is 20.0 Å². The lowest BCUT2D eigenvalue weighted by Crippen LogP contribution is -2.20. The van der Waals surface area contributed by atoms with Crippen molar-refractivity contribution in [3.8, 4) is 0 Å². The molecule has 1 atom stereocenters. The number of nitrogens with two attached hydrogens (primary N) is 1. The highest BCUT2D eigenvalue weighted by atomic mass is 15.1. The zero-order chi connectivity index (χ0) is 14.2. The predicted molar refractivity (Wildman–Crippen MR) is 80.9 cm³/mol. The Bertz CT molecular complexity index is 575. The summed E-state index contributed by atoms with van der Waals surface area (Å²) >= 11 is 0. The molecule has 0 saturated carbocycles. The Morgan fingerprint density at radius 2 is 2.00 bits per heavy atom. The lowest BCUT2D eigenvalue weighted by molar-refractivity contribution is 0.255. The van der Waals surface area contributed by atoms with Crippen molar-refractivity contribution in [1.82, 2.24) is 9.55 Å². The first kappa shape index (κ1) is 14.1. The topological polar surface area (TPSA) is 43.8 Å². The van der Waals surface area contributed by atoms with Crippen LogP contribution in [0.2, 0.25) is 0 Å². The highest BCUT2D eigenvalue weighted by Crippen LogP contribution is 2.29. The number of imidazole rings is 1. The molecule has 2 rings (SSSR count). The lowest BCUT2D eigenvalue weighted by Gasteiger charge is -2.26. The van der Waals surface area contributed by atoms with Crippen LogP contribution in [0.1, 0.15) is 39.1 Å². The predicted octanol–water partition coefficient (Wildman–Crippen LogP) is 3.26. The van der Waals surface area contributed by atoms with E-state index in [1.807, 2.05) is 0 Å². The maximum atomic E-state index is 5.69.